The van der Waals surface area contributed by atoms with Crippen LogP contribution in [0.5, 0.6) is 0 Å². The summed E-state index contributed by atoms with van der Waals surface area (Å²) in [5.74, 6) is -0.593. The SMILES string of the molecule is C/C(=N\NC(=O)c1cc(C)n(-c2ccc(F)cc2)c1C)c1cccnc1. The van der Waals surface area contributed by atoms with Crippen molar-refractivity contribution in [3.05, 3.63) is 83.2 Å². The lowest BCUT2D eigenvalue weighted by atomic mass is 10.2. The minimum Gasteiger partial charge on any atom is -0.318 e. The Morgan fingerprint density at radius 3 is 2.58 bits per heavy atom. The number of carbonyl (C=O) groups is 1. The van der Waals surface area contributed by atoms with Crippen LogP contribution in [0.2, 0.25) is 0 Å². The zero-order chi connectivity index (χ0) is 18.7. The quantitative estimate of drug-likeness (QED) is 0.575. The van der Waals surface area contributed by atoms with Gasteiger partial charge in [0.25, 0.3) is 5.91 Å². The van der Waals surface area contributed by atoms with Crippen LogP contribution < -0.4 is 5.43 Å². The van der Waals surface area contributed by atoms with Gasteiger partial charge in [0.2, 0.25) is 0 Å². The van der Waals surface area contributed by atoms with E-state index in [1.807, 2.05) is 30.5 Å². The molecule has 3 rings (SSSR count). The van der Waals surface area contributed by atoms with Crippen LogP contribution in [-0.2, 0) is 0 Å². The number of rotatable bonds is 4. The summed E-state index contributed by atoms with van der Waals surface area (Å²) in [6.07, 6.45) is 3.37. The van der Waals surface area contributed by atoms with Crippen LogP contribution in [0.4, 0.5) is 4.39 Å². The van der Waals surface area contributed by atoms with Crippen LogP contribution in [0, 0.1) is 19.7 Å². The first-order valence-corrected chi connectivity index (χ1v) is 8.17. The van der Waals surface area contributed by atoms with Crippen molar-refractivity contribution in [2.75, 3.05) is 0 Å². The van der Waals surface area contributed by atoms with Crippen molar-refractivity contribution < 1.29 is 9.18 Å². The summed E-state index contributed by atoms with van der Waals surface area (Å²) in [5.41, 5.74) is 7.06. The maximum absolute atomic E-state index is 13.2. The Kier molecular flexibility index (Phi) is 4.93. The maximum atomic E-state index is 13.2. The summed E-state index contributed by atoms with van der Waals surface area (Å²) in [6.45, 7) is 5.55. The molecule has 0 spiro atoms. The fourth-order valence-corrected chi connectivity index (χ4v) is 2.82. The molecule has 26 heavy (non-hydrogen) atoms. The Balaban J connectivity index is 1.85. The molecule has 3 aromatic rings. The second kappa shape index (κ2) is 7.31. The molecule has 0 saturated heterocycles. The average molecular weight is 350 g/mol. The van der Waals surface area contributed by atoms with E-state index in [-0.39, 0.29) is 11.7 Å². The van der Waals surface area contributed by atoms with Gasteiger partial charge in [-0.25, -0.2) is 9.82 Å². The molecule has 1 N–H and O–H groups in total. The fourth-order valence-electron chi connectivity index (χ4n) is 2.82. The predicted molar refractivity (Wildman–Crippen MR) is 99.1 cm³/mol. The molecule has 0 aliphatic carbocycles. The van der Waals surface area contributed by atoms with E-state index >= 15 is 0 Å². The van der Waals surface area contributed by atoms with E-state index in [0.717, 1.165) is 22.6 Å². The molecule has 2 heterocycles. The molecule has 132 valence electrons. The van der Waals surface area contributed by atoms with Gasteiger partial charge in [-0.15, -0.1) is 0 Å². The van der Waals surface area contributed by atoms with E-state index in [1.54, 1.807) is 37.5 Å². The molecular weight excluding hydrogens is 331 g/mol. The van der Waals surface area contributed by atoms with Crippen molar-refractivity contribution in [3.63, 3.8) is 0 Å². The summed E-state index contributed by atoms with van der Waals surface area (Å²) in [6, 6.07) is 11.6. The Bertz CT molecular complexity index is 959. The number of nitrogens with zero attached hydrogens (tertiary/aromatic N) is 3. The average Bonchev–Trinajstić information content (AvgIpc) is 2.95. The number of hydrogen-bond acceptors (Lipinski definition) is 3. The van der Waals surface area contributed by atoms with Gasteiger partial charge in [0.1, 0.15) is 5.82 Å². The number of hydrogen-bond donors (Lipinski definition) is 1. The van der Waals surface area contributed by atoms with Crippen molar-refractivity contribution >= 4 is 11.6 Å². The number of halogens is 1. The highest BCUT2D eigenvalue weighted by Crippen LogP contribution is 2.21. The number of carbonyl (C=O) groups excluding carboxylic acids is 1. The Morgan fingerprint density at radius 2 is 1.92 bits per heavy atom. The van der Waals surface area contributed by atoms with Crippen molar-refractivity contribution in [3.8, 4) is 5.69 Å². The smallest absolute Gasteiger partial charge is 0.273 e. The summed E-state index contributed by atoms with van der Waals surface area (Å²) >= 11 is 0. The van der Waals surface area contributed by atoms with Crippen LogP contribution in [0.3, 0.4) is 0 Å². The van der Waals surface area contributed by atoms with Gasteiger partial charge < -0.3 is 4.57 Å². The minimum absolute atomic E-state index is 0.297. The van der Waals surface area contributed by atoms with Gasteiger partial charge in [-0.3, -0.25) is 9.78 Å². The van der Waals surface area contributed by atoms with Gasteiger partial charge >= 0.3 is 0 Å². The van der Waals surface area contributed by atoms with E-state index in [2.05, 4.69) is 15.5 Å². The standard InChI is InChI=1S/C20H19FN4O/c1-13-11-19(15(3)25(13)18-8-6-17(21)7-9-18)20(26)24-23-14(2)16-5-4-10-22-12-16/h4-12H,1-3H3,(H,24,26)/b23-14+. The van der Waals surface area contributed by atoms with Crippen LogP contribution in [0.1, 0.15) is 34.2 Å². The third kappa shape index (κ3) is 3.54. The number of pyridine rings is 1. The zero-order valence-corrected chi connectivity index (χ0v) is 14.8. The molecule has 0 radical (unpaired) electrons. The molecular formula is C20H19FN4O. The minimum atomic E-state index is -0.297. The van der Waals surface area contributed by atoms with Crippen LogP contribution in [0.25, 0.3) is 5.69 Å². The number of amides is 1. The Hall–Kier alpha value is -3.28. The molecule has 5 nitrogen and oxygen atoms in total. The van der Waals surface area contributed by atoms with E-state index < -0.39 is 0 Å². The monoisotopic (exact) mass is 350 g/mol. The Labute approximate surface area is 151 Å². The van der Waals surface area contributed by atoms with Gasteiger partial charge in [0.15, 0.2) is 0 Å². The van der Waals surface area contributed by atoms with E-state index in [4.69, 9.17) is 0 Å². The van der Waals surface area contributed by atoms with Gasteiger partial charge in [0.05, 0.1) is 11.3 Å². The van der Waals surface area contributed by atoms with Gasteiger partial charge in [-0.05, 0) is 57.2 Å². The van der Waals surface area contributed by atoms with Crippen LogP contribution in [0.15, 0.2) is 60.0 Å². The second-order valence-electron chi connectivity index (χ2n) is 5.98. The lowest BCUT2D eigenvalue weighted by Gasteiger charge is -2.09. The van der Waals surface area contributed by atoms with Crippen molar-refractivity contribution in [2.24, 2.45) is 5.10 Å². The summed E-state index contributed by atoms with van der Waals surface area (Å²) in [4.78, 5) is 16.6. The number of hydrazone groups is 1. The molecule has 0 fully saturated rings. The van der Waals surface area contributed by atoms with Crippen molar-refractivity contribution in [1.29, 1.82) is 0 Å². The number of aromatic nitrogens is 2. The largest absolute Gasteiger partial charge is 0.318 e. The zero-order valence-electron chi connectivity index (χ0n) is 14.8. The van der Waals surface area contributed by atoms with Gasteiger partial charge in [0, 0.05) is 35.0 Å². The predicted octanol–water partition coefficient (Wildman–Crippen LogP) is 3.78. The lowest BCUT2D eigenvalue weighted by Crippen LogP contribution is -2.20. The van der Waals surface area contributed by atoms with Gasteiger partial charge in [-0.2, -0.15) is 5.10 Å². The Morgan fingerprint density at radius 1 is 1.19 bits per heavy atom. The summed E-state index contributed by atoms with van der Waals surface area (Å²) < 4.78 is 15.1. The molecule has 1 amide bonds. The first-order valence-electron chi connectivity index (χ1n) is 8.17. The highest BCUT2D eigenvalue weighted by molar-refractivity contribution is 6.01. The third-order valence-corrected chi connectivity index (χ3v) is 4.17. The first kappa shape index (κ1) is 17.5. The topological polar surface area (TPSA) is 59.3 Å². The molecule has 2 aromatic heterocycles. The number of aryl methyl sites for hydroxylation is 1. The highest BCUT2D eigenvalue weighted by Gasteiger charge is 2.16. The van der Waals surface area contributed by atoms with Crippen LogP contribution in [-0.4, -0.2) is 21.2 Å². The molecule has 0 aliphatic heterocycles. The lowest BCUT2D eigenvalue weighted by molar-refractivity contribution is 0.0954. The van der Waals surface area contributed by atoms with Crippen molar-refractivity contribution in [2.45, 2.75) is 20.8 Å². The molecule has 0 unspecified atom stereocenters. The summed E-state index contributed by atoms with van der Waals surface area (Å²) in [7, 11) is 0. The van der Waals surface area contributed by atoms with E-state index in [9.17, 15) is 9.18 Å². The molecule has 6 heteroatoms. The number of benzene rings is 1. The van der Waals surface area contributed by atoms with Crippen molar-refractivity contribution in [1.82, 2.24) is 15.0 Å². The molecule has 0 saturated carbocycles. The molecule has 1 aromatic carbocycles. The maximum Gasteiger partial charge on any atom is 0.273 e. The molecule has 0 bridgehead atoms. The highest BCUT2D eigenvalue weighted by atomic mass is 19.1. The second-order valence-corrected chi connectivity index (χ2v) is 5.98. The van der Waals surface area contributed by atoms with E-state index in [1.165, 1.54) is 12.1 Å². The normalized spacial score (nSPS) is 11.5. The molecule has 0 aliphatic rings. The third-order valence-electron chi connectivity index (χ3n) is 4.17. The molecule has 0 atom stereocenters. The van der Waals surface area contributed by atoms with E-state index in [0.29, 0.717) is 11.3 Å². The van der Waals surface area contributed by atoms with Crippen LogP contribution >= 0.6 is 0 Å². The van der Waals surface area contributed by atoms with Gasteiger partial charge in [-0.1, -0.05) is 6.07 Å². The first-order chi connectivity index (χ1) is 12.5. The number of nitrogens with one attached hydrogen (secondary N) is 1. The summed E-state index contributed by atoms with van der Waals surface area (Å²) in [5, 5.41) is 4.15. The fraction of sp³-hybridized carbons (Fsp3) is 0.150.